The molecule has 1 aromatic carbocycles. The number of methoxy groups -OCH3 is 1. The zero-order valence-electron chi connectivity index (χ0n) is 14.3. The molecule has 0 bridgehead atoms. The number of aryl methyl sites for hydroxylation is 1. The molecule has 2 heterocycles. The summed E-state index contributed by atoms with van der Waals surface area (Å²) in [6.45, 7) is 3.15. The van der Waals surface area contributed by atoms with E-state index in [0.717, 1.165) is 46.4 Å². The highest BCUT2D eigenvalue weighted by molar-refractivity contribution is 8.18. The van der Waals surface area contributed by atoms with Gasteiger partial charge in [0.25, 0.3) is 11.1 Å². The lowest BCUT2D eigenvalue weighted by Gasteiger charge is -2.18. The van der Waals surface area contributed by atoms with Gasteiger partial charge in [-0.25, -0.2) is 0 Å². The molecule has 0 N–H and O–H groups in total. The van der Waals surface area contributed by atoms with Crippen LogP contribution in [0.2, 0.25) is 0 Å². The van der Waals surface area contributed by atoms with Crippen molar-refractivity contribution in [1.82, 2.24) is 9.80 Å². The smallest absolute Gasteiger partial charge is 0.294 e. The van der Waals surface area contributed by atoms with Crippen molar-refractivity contribution in [1.29, 1.82) is 0 Å². The van der Waals surface area contributed by atoms with E-state index in [9.17, 15) is 14.4 Å². The van der Waals surface area contributed by atoms with Gasteiger partial charge >= 0.3 is 0 Å². The second kappa shape index (κ2) is 7.31. The maximum atomic E-state index is 12.5. The third kappa shape index (κ3) is 3.71. The number of hydrogen-bond donors (Lipinski definition) is 0. The molecule has 0 aliphatic carbocycles. The standard InChI is InChI=1S/C18H20N2O4S/c1-12-5-6-13(9-14(12)24-2)10-15-17(22)20(18(23)25-15)11-16(21)19-7-3-4-8-19/h5-6,9-10H,3-4,7-8,11H2,1-2H3/b15-10-. The summed E-state index contributed by atoms with van der Waals surface area (Å²) in [5.41, 5.74) is 1.77. The lowest BCUT2D eigenvalue weighted by Crippen LogP contribution is -2.40. The quantitative estimate of drug-likeness (QED) is 0.772. The van der Waals surface area contributed by atoms with E-state index in [1.54, 1.807) is 18.1 Å². The summed E-state index contributed by atoms with van der Waals surface area (Å²) in [4.78, 5) is 39.9. The van der Waals surface area contributed by atoms with Gasteiger partial charge in [0.05, 0.1) is 12.0 Å². The Bertz CT molecular complexity index is 753. The summed E-state index contributed by atoms with van der Waals surface area (Å²) in [6, 6.07) is 5.58. The summed E-state index contributed by atoms with van der Waals surface area (Å²) in [5.74, 6) is 0.136. The lowest BCUT2D eigenvalue weighted by atomic mass is 10.1. The van der Waals surface area contributed by atoms with Crippen LogP contribution in [-0.4, -0.2) is 53.6 Å². The molecule has 2 aliphatic rings. The second-order valence-electron chi connectivity index (χ2n) is 6.08. The minimum Gasteiger partial charge on any atom is -0.496 e. The van der Waals surface area contributed by atoms with Gasteiger partial charge in [-0.1, -0.05) is 12.1 Å². The van der Waals surface area contributed by atoms with Crippen LogP contribution in [0.5, 0.6) is 5.75 Å². The number of thioether (sulfide) groups is 1. The van der Waals surface area contributed by atoms with E-state index in [0.29, 0.717) is 18.0 Å². The van der Waals surface area contributed by atoms with Crippen LogP contribution >= 0.6 is 11.8 Å². The molecule has 6 nitrogen and oxygen atoms in total. The molecule has 3 rings (SSSR count). The van der Waals surface area contributed by atoms with Crippen molar-refractivity contribution in [3.63, 3.8) is 0 Å². The first kappa shape index (κ1) is 17.5. The maximum Gasteiger partial charge on any atom is 0.294 e. The van der Waals surface area contributed by atoms with Gasteiger partial charge in [-0.05, 0) is 54.8 Å². The number of ether oxygens (including phenoxy) is 1. The number of carbonyl (C=O) groups excluding carboxylic acids is 3. The lowest BCUT2D eigenvalue weighted by molar-refractivity contribution is -0.135. The van der Waals surface area contributed by atoms with Crippen LogP contribution in [0.3, 0.4) is 0 Å². The number of likely N-dealkylation sites (tertiary alicyclic amines) is 1. The van der Waals surface area contributed by atoms with E-state index in [1.165, 1.54) is 0 Å². The minimum atomic E-state index is -0.415. The summed E-state index contributed by atoms with van der Waals surface area (Å²) >= 11 is 0.866. The Hall–Kier alpha value is -2.28. The van der Waals surface area contributed by atoms with Crippen LogP contribution in [0.1, 0.15) is 24.0 Å². The molecule has 1 aromatic rings. The Labute approximate surface area is 150 Å². The van der Waals surface area contributed by atoms with Crippen molar-refractivity contribution in [3.8, 4) is 5.75 Å². The SMILES string of the molecule is COc1cc(/C=C2\SC(=O)N(CC(=O)N3CCCC3)C2=O)ccc1C. The van der Waals surface area contributed by atoms with Gasteiger partial charge in [0, 0.05) is 13.1 Å². The number of hydrogen-bond acceptors (Lipinski definition) is 5. The molecule has 0 radical (unpaired) electrons. The predicted octanol–water partition coefficient (Wildman–Crippen LogP) is 2.66. The Morgan fingerprint density at radius 1 is 1.28 bits per heavy atom. The Balaban J connectivity index is 1.75. The Kier molecular flexibility index (Phi) is 5.13. The van der Waals surface area contributed by atoms with Gasteiger partial charge in [0.1, 0.15) is 12.3 Å². The molecule has 2 saturated heterocycles. The van der Waals surface area contributed by atoms with Crippen molar-refractivity contribution in [3.05, 3.63) is 34.2 Å². The third-order valence-corrected chi connectivity index (χ3v) is 5.26. The first-order valence-corrected chi connectivity index (χ1v) is 8.99. The van der Waals surface area contributed by atoms with Gasteiger partial charge in [-0.2, -0.15) is 0 Å². The maximum absolute atomic E-state index is 12.5. The van der Waals surface area contributed by atoms with Gasteiger partial charge in [0.2, 0.25) is 5.91 Å². The third-order valence-electron chi connectivity index (χ3n) is 4.36. The van der Waals surface area contributed by atoms with Gasteiger partial charge in [-0.15, -0.1) is 0 Å². The van der Waals surface area contributed by atoms with Gasteiger partial charge < -0.3 is 9.64 Å². The van der Waals surface area contributed by atoms with E-state index >= 15 is 0 Å². The van der Waals surface area contributed by atoms with E-state index < -0.39 is 11.1 Å². The highest BCUT2D eigenvalue weighted by atomic mass is 32.2. The highest BCUT2D eigenvalue weighted by Crippen LogP contribution is 2.33. The number of rotatable bonds is 4. The monoisotopic (exact) mass is 360 g/mol. The molecular formula is C18H20N2O4S. The van der Waals surface area contributed by atoms with Gasteiger partial charge in [0.15, 0.2) is 0 Å². The number of nitrogens with zero attached hydrogens (tertiary/aromatic N) is 2. The Morgan fingerprint density at radius 3 is 2.68 bits per heavy atom. The van der Waals surface area contributed by atoms with Crippen LogP contribution in [0.25, 0.3) is 6.08 Å². The molecule has 0 unspecified atom stereocenters. The number of benzene rings is 1. The van der Waals surface area contributed by atoms with Crippen LogP contribution in [0.15, 0.2) is 23.1 Å². The zero-order chi connectivity index (χ0) is 18.0. The fraction of sp³-hybridized carbons (Fsp3) is 0.389. The average Bonchev–Trinajstić information content (AvgIpc) is 3.21. The summed E-state index contributed by atoms with van der Waals surface area (Å²) < 4.78 is 5.28. The molecule has 7 heteroatoms. The molecule has 0 atom stereocenters. The largest absolute Gasteiger partial charge is 0.496 e. The zero-order valence-corrected chi connectivity index (χ0v) is 15.1. The van der Waals surface area contributed by atoms with E-state index in [4.69, 9.17) is 4.74 Å². The van der Waals surface area contributed by atoms with E-state index in [2.05, 4.69) is 0 Å². The Morgan fingerprint density at radius 2 is 2.00 bits per heavy atom. The number of amides is 3. The minimum absolute atomic E-state index is 0.168. The molecule has 3 amide bonds. The molecule has 2 fully saturated rings. The van der Waals surface area contributed by atoms with E-state index in [1.807, 2.05) is 25.1 Å². The molecule has 0 saturated carbocycles. The molecule has 0 spiro atoms. The van der Waals surface area contributed by atoms with Crippen LogP contribution in [0, 0.1) is 6.92 Å². The highest BCUT2D eigenvalue weighted by Gasteiger charge is 2.37. The van der Waals surface area contributed by atoms with Gasteiger partial charge in [-0.3, -0.25) is 19.3 Å². The molecule has 0 aromatic heterocycles. The van der Waals surface area contributed by atoms with E-state index in [-0.39, 0.29) is 12.5 Å². The summed E-state index contributed by atoms with van der Waals surface area (Å²) in [7, 11) is 1.59. The van der Waals surface area contributed by atoms with Crippen LogP contribution < -0.4 is 4.74 Å². The van der Waals surface area contributed by atoms with Crippen molar-refractivity contribution in [2.75, 3.05) is 26.7 Å². The molecule has 25 heavy (non-hydrogen) atoms. The van der Waals surface area contributed by atoms with Crippen molar-refractivity contribution >= 4 is 34.9 Å². The van der Waals surface area contributed by atoms with Crippen molar-refractivity contribution < 1.29 is 19.1 Å². The normalized spacial score (nSPS) is 19.2. The average molecular weight is 360 g/mol. The molecule has 132 valence electrons. The summed E-state index contributed by atoms with van der Waals surface area (Å²) in [5, 5.41) is -0.400. The first-order valence-electron chi connectivity index (χ1n) is 8.17. The molecular weight excluding hydrogens is 340 g/mol. The second-order valence-corrected chi connectivity index (χ2v) is 7.08. The number of imide groups is 1. The molecule has 2 aliphatic heterocycles. The summed E-state index contributed by atoms with van der Waals surface area (Å²) in [6.07, 6.45) is 3.61. The fourth-order valence-corrected chi connectivity index (χ4v) is 3.75. The first-order chi connectivity index (χ1) is 12.0. The number of carbonyl (C=O) groups is 3. The van der Waals surface area contributed by atoms with Crippen molar-refractivity contribution in [2.24, 2.45) is 0 Å². The fourth-order valence-electron chi connectivity index (χ4n) is 2.92. The predicted molar refractivity (Wildman–Crippen MR) is 96.2 cm³/mol. The van der Waals surface area contributed by atoms with Crippen LogP contribution in [-0.2, 0) is 9.59 Å². The van der Waals surface area contributed by atoms with Crippen molar-refractivity contribution in [2.45, 2.75) is 19.8 Å². The van der Waals surface area contributed by atoms with Crippen LogP contribution in [0.4, 0.5) is 4.79 Å². The topological polar surface area (TPSA) is 66.9 Å².